The lowest BCUT2D eigenvalue weighted by Crippen LogP contribution is -2.22. The molecule has 2 fully saturated rings. The van der Waals surface area contributed by atoms with E-state index in [2.05, 4.69) is 5.32 Å². The summed E-state index contributed by atoms with van der Waals surface area (Å²) in [6, 6.07) is 13.5. The third kappa shape index (κ3) is 5.63. The van der Waals surface area contributed by atoms with Crippen molar-refractivity contribution < 1.29 is 14.3 Å². The van der Waals surface area contributed by atoms with Crippen molar-refractivity contribution >= 4 is 40.5 Å². The van der Waals surface area contributed by atoms with E-state index in [1.165, 1.54) is 31.0 Å². The molecular weight excluding hydrogens is 432 g/mol. The van der Waals surface area contributed by atoms with Crippen LogP contribution < -0.4 is 14.8 Å². The molecule has 0 unspecified atom stereocenters. The fourth-order valence-electron chi connectivity index (χ4n) is 3.68. The second-order valence-electron chi connectivity index (χ2n) is 7.58. The lowest BCUT2D eigenvalue weighted by Gasteiger charge is -2.17. The van der Waals surface area contributed by atoms with E-state index in [-0.39, 0.29) is 5.91 Å². The summed E-state index contributed by atoms with van der Waals surface area (Å²) in [6.45, 7) is 0.343. The molecule has 1 N–H and O–H groups in total. The summed E-state index contributed by atoms with van der Waals surface area (Å²) in [6.07, 6.45) is 7.77. The van der Waals surface area contributed by atoms with Gasteiger partial charge in [0.25, 0.3) is 5.91 Å². The molecule has 5 nitrogen and oxygen atoms in total. The van der Waals surface area contributed by atoms with Crippen molar-refractivity contribution in [1.29, 1.82) is 0 Å². The zero-order chi connectivity index (χ0) is 21.6. The summed E-state index contributed by atoms with van der Waals surface area (Å²) < 4.78 is 11.4. The normalized spacial score (nSPS) is 19.6. The number of amides is 1. The monoisotopic (exact) mass is 456 g/mol. The van der Waals surface area contributed by atoms with E-state index < -0.39 is 0 Å². The molecule has 2 aromatic carbocycles. The zero-order valence-electron chi connectivity index (χ0n) is 17.4. The molecule has 0 atom stereocenters. The van der Waals surface area contributed by atoms with Gasteiger partial charge in [0.15, 0.2) is 16.7 Å². The van der Waals surface area contributed by atoms with E-state index in [4.69, 9.17) is 26.1 Å². The van der Waals surface area contributed by atoms with Gasteiger partial charge in [-0.05, 0) is 54.4 Å². The predicted octanol–water partition coefficient (Wildman–Crippen LogP) is 5.82. The fraction of sp³-hybridized carbons (Fsp3) is 0.333. The minimum atomic E-state index is -0.113. The number of nitrogens with one attached hydrogen (secondary N) is 1. The van der Waals surface area contributed by atoms with Crippen LogP contribution in [-0.2, 0) is 11.4 Å². The molecule has 1 aliphatic heterocycles. The first-order valence-electron chi connectivity index (χ1n) is 10.5. The molecule has 0 radical (unpaired) electrons. The van der Waals surface area contributed by atoms with E-state index in [1.54, 1.807) is 7.11 Å². The Bertz CT molecular complexity index is 1020. The number of rotatable bonds is 6. The summed E-state index contributed by atoms with van der Waals surface area (Å²) in [5.41, 5.74) is 1.76. The first-order valence-corrected chi connectivity index (χ1v) is 11.6. The molecule has 1 heterocycles. The highest BCUT2D eigenvalue weighted by molar-refractivity contribution is 8.18. The molecule has 7 heteroatoms. The summed E-state index contributed by atoms with van der Waals surface area (Å²) in [5, 5.41) is 4.26. The quantitative estimate of drug-likeness (QED) is 0.556. The van der Waals surface area contributed by atoms with Gasteiger partial charge in [0.05, 0.1) is 18.1 Å². The van der Waals surface area contributed by atoms with Crippen LogP contribution in [0.15, 0.2) is 52.4 Å². The van der Waals surface area contributed by atoms with Crippen molar-refractivity contribution in [1.82, 2.24) is 5.32 Å². The Balaban J connectivity index is 1.46. The van der Waals surface area contributed by atoms with Gasteiger partial charge in [-0.2, -0.15) is 0 Å². The van der Waals surface area contributed by atoms with E-state index in [1.807, 2.05) is 48.5 Å². The van der Waals surface area contributed by atoms with Crippen LogP contribution in [-0.4, -0.2) is 24.2 Å². The van der Waals surface area contributed by atoms with Crippen molar-refractivity contribution in [3.8, 4) is 11.5 Å². The van der Waals surface area contributed by atoms with Crippen LogP contribution in [0, 0.1) is 0 Å². The average Bonchev–Trinajstić information content (AvgIpc) is 3.12. The molecule has 1 saturated heterocycles. The van der Waals surface area contributed by atoms with Gasteiger partial charge in [0.2, 0.25) is 0 Å². The summed E-state index contributed by atoms with van der Waals surface area (Å²) in [4.78, 5) is 17.8. The number of hydrogen-bond acceptors (Lipinski definition) is 5. The largest absolute Gasteiger partial charge is 0.493 e. The maximum Gasteiger partial charge on any atom is 0.264 e. The zero-order valence-corrected chi connectivity index (χ0v) is 19.0. The average molecular weight is 457 g/mol. The van der Waals surface area contributed by atoms with Gasteiger partial charge in [0, 0.05) is 10.6 Å². The van der Waals surface area contributed by atoms with E-state index in [0.717, 1.165) is 24.0 Å². The molecule has 1 aliphatic carbocycles. The van der Waals surface area contributed by atoms with Crippen molar-refractivity contribution in [2.24, 2.45) is 4.99 Å². The molecule has 1 saturated carbocycles. The number of methoxy groups -OCH3 is 1. The van der Waals surface area contributed by atoms with Crippen LogP contribution >= 0.6 is 23.4 Å². The topological polar surface area (TPSA) is 59.9 Å². The van der Waals surface area contributed by atoms with Gasteiger partial charge in [0.1, 0.15) is 6.61 Å². The number of halogens is 1. The summed E-state index contributed by atoms with van der Waals surface area (Å²) in [7, 11) is 1.60. The van der Waals surface area contributed by atoms with Crippen molar-refractivity contribution in [2.45, 2.75) is 44.8 Å². The van der Waals surface area contributed by atoms with Gasteiger partial charge in [-0.3, -0.25) is 9.79 Å². The van der Waals surface area contributed by atoms with Gasteiger partial charge in [-0.1, -0.05) is 55.1 Å². The number of aliphatic imine (C=N–C) groups is 1. The molecule has 0 spiro atoms. The van der Waals surface area contributed by atoms with Gasteiger partial charge in [-0.25, -0.2) is 0 Å². The lowest BCUT2D eigenvalue weighted by molar-refractivity contribution is -0.115. The molecule has 162 valence electrons. The van der Waals surface area contributed by atoms with Crippen molar-refractivity contribution in [3.05, 3.63) is 63.5 Å². The molecule has 2 aliphatic rings. The van der Waals surface area contributed by atoms with Gasteiger partial charge >= 0.3 is 0 Å². The number of amidine groups is 1. The smallest absolute Gasteiger partial charge is 0.264 e. The third-order valence-electron chi connectivity index (χ3n) is 5.35. The van der Waals surface area contributed by atoms with Gasteiger partial charge < -0.3 is 14.8 Å². The lowest BCUT2D eigenvalue weighted by atomic mass is 9.96. The Morgan fingerprint density at radius 3 is 2.74 bits per heavy atom. The Kier molecular flexibility index (Phi) is 7.20. The van der Waals surface area contributed by atoms with Crippen LogP contribution in [0.3, 0.4) is 0 Å². The Hall–Kier alpha value is -2.44. The predicted molar refractivity (Wildman–Crippen MR) is 127 cm³/mol. The fourth-order valence-corrected chi connectivity index (χ4v) is 4.76. The second kappa shape index (κ2) is 10.2. The maximum atomic E-state index is 12.4. The van der Waals surface area contributed by atoms with Crippen LogP contribution in [0.5, 0.6) is 11.5 Å². The molecule has 1 amide bonds. The van der Waals surface area contributed by atoms with Gasteiger partial charge in [-0.15, -0.1) is 0 Å². The van der Waals surface area contributed by atoms with E-state index >= 15 is 0 Å². The molecule has 0 bridgehead atoms. The minimum Gasteiger partial charge on any atom is -0.493 e. The highest BCUT2D eigenvalue weighted by Gasteiger charge is 2.25. The minimum absolute atomic E-state index is 0.113. The first-order chi connectivity index (χ1) is 15.1. The molecule has 2 aromatic rings. The van der Waals surface area contributed by atoms with Crippen molar-refractivity contribution in [3.63, 3.8) is 0 Å². The second-order valence-corrected chi connectivity index (χ2v) is 9.02. The number of ether oxygens (including phenoxy) is 2. The van der Waals surface area contributed by atoms with Crippen LogP contribution in [0.25, 0.3) is 6.08 Å². The van der Waals surface area contributed by atoms with Crippen molar-refractivity contribution in [2.75, 3.05) is 7.11 Å². The van der Waals surface area contributed by atoms with Crippen LogP contribution in [0.2, 0.25) is 5.02 Å². The molecule has 31 heavy (non-hydrogen) atoms. The maximum absolute atomic E-state index is 12.4. The number of hydrogen-bond donors (Lipinski definition) is 1. The molecular formula is C24H25ClN2O3S. The van der Waals surface area contributed by atoms with E-state index in [0.29, 0.717) is 39.2 Å². The summed E-state index contributed by atoms with van der Waals surface area (Å²) in [5.74, 6) is 1.10. The standard InChI is InChI=1S/C24H25ClN2O3S/c1-29-21-13-16(11-12-20(21)30-15-17-7-5-6-10-19(17)25)14-22-23(28)27-24(31-22)26-18-8-3-2-4-9-18/h5-7,10-14,18H,2-4,8-9,15H2,1H3,(H,26,27,28)/b22-14-. The number of carbonyl (C=O) groups is 1. The van der Waals surface area contributed by atoms with Crippen LogP contribution in [0.1, 0.15) is 43.2 Å². The molecule has 4 rings (SSSR count). The molecule has 0 aromatic heterocycles. The number of carbonyl (C=O) groups excluding carboxylic acids is 1. The van der Waals surface area contributed by atoms with Crippen LogP contribution in [0.4, 0.5) is 0 Å². The third-order valence-corrected chi connectivity index (χ3v) is 6.64. The number of benzene rings is 2. The number of thioether (sulfide) groups is 1. The first kappa shape index (κ1) is 21.8. The highest BCUT2D eigenvalue weighted by Crippen LogP contribution is 2.33. The Labute approximate surface area is 191 Å². The summed E-state index contributed by atoms with van der Waals surface area (Å²) >= 11 is 7.60. The Morgan fingerprint density at radius 2 is 1.97 bits per heavy atom. The Morgan fingerprint density at radius 1 is 1.16 bits per heavy atom. The number of nitrogens with zero attached hydrogens (tertiary/aromatic N) is 1. The highest BCUT2D eigenvalue weighted by atomic mass is 35.5. The SMILES string of the molecule is COc1cc(/C=C2\SC(=NC3CCCCC3)NC2=O)ccc1OCc1ccccc1Cl. The van der Waals surface area contributed by atoms with E-state index in [9.17, 15) is 4.79 Å².